The van der Waals surface area contributed by atoms with Gasteiger partial charge in [0.05, 0.1) is 24.9 Å². The first kappa shape index (κ1) is 15.7. The molecule has 0 bridgehead atoms. The molecule has 1 heterocycles. The Kier molecular flexibility index (Phi) is 5.94. The lowest BCUT2D eigenvalue weighted by atomic mass is 10.2. The number of carbonyl (C=O) groups excluding carboxylic acids is 1. The van der Waals surface area contributed by atoms with E-state index in [1.54, 1.807) is 24.3 Å². The summed E-state index contributed by atoms with van der Waals surface area (Å²) in [5.74, 6) is 5.28. The summed E-state index contributed by atoms with van der Waals surface area (Å²) in [7, 11) is 0. The zero-order chi connectivity index (χ0) is 15.1. The Bertz CT molecular complexity index is 469. The van der Waals surface area contributed by atoms with Crippen LogP contribution in [-0.2, 0) is 4.74 Å². The Balaban J connectivity index is 1.85. The molecule has 116 valence electrons. The van der Waals surface area contributed by atoms with Crippen LogP contribution in [0.4, 0.5) is 0 Å². The number of hydrazine groups is 1. The van der Waals surface area contributed by atoms with E-state index in [1.165, 1.54) is 0 Å². The molecule has 1 atom stereocenters. The van der Waals surface area contributed by atoms with Crippen molar-refractivity contribution in [3.63, 3.8) is 0 Å². The summed E-state index contributed by atoms with van der Waals surface area (Å²) in [6.45, 7) is 3.29. The summed E-state index contributed by atoms with van der Waals surface area (Å²) in [6.07, 6.45) is -0.131. The van der Waals surface area contributed by atoms with Crippen LogP contribution < -0.4 is 16.0 Å². The van der Waals surface area contributed by atoms with E-state index in [0.29, 0.717) is 37.6 Å². The van der Waals surface area contributed by atoms with Crippen LogP contribution in [0.15, 0.2) is 24.3 Å². The number of rotatable bonds is 6. The summed E-state index contributed by atoms with van der Waals surface area (Å²) in [6, 6.07) is 6.96. The number of carbonyl (C=O) groups is 1. The van der Waals surface area contributed by atoms with Crippen LogP contribution in [0.5, 0.6) is 5.75 Å². The fraction of sp³-hybridized carbons (Fsp3) is 0.500. The molecule has 4 N–H and O–H groups in total. The minimum absolute atomic E-state index is 0.0247. The molecule has 0 radical (unpaired) electrons. The smallest absolute Gasteiger partial charge is 0.268 e. The summed E-state index contributed by atoms with van der Waals surface area (Å²) >= 11 is 0. The molecule has 0 aliphatic carbocycles. The Morgan fingerprint density at radius 3 is 3.10 bits per heavy atom. The lowest BCUT2D eigenvalue weighted by Gasteiger charge is -2.31. The number of ether oxygens (including phenoxy) is 2. The molecule has 0 aromatic heterocycles. The lowest BCUT2D eigenvalue weighted by Crippen LogP contribution is -2.45. The van der Waals surface area contributed by atoms with Crippen LogP contribution in [0.2, 0.25) is 0 Å². The molecule has 7 heteroatoms. The van der Waals surface area contributed by atoms with E-state index in [0.717, 1.165) is 6.54 Å². The molecule has 1 aromatic carbocycles. The number of nitrogens with zero attached hydrogens (tertiary/aromatic N) is 1. The van der Waals surface area contributed by atoms with Gasteiger partial charge in [0.15, 0.2) is 0 Å². The van der Waals surface area contributed by atoms with E-state index >= 15 is 0 Å². The van der Waals surface area contributed by atoms with E-state index in [2.05, 4.69) is 10.3 Å². The number of nitrogens with one attached hydrogen (secondary N) is 1. The van der Waals surface area contributed by atoms with Crippen LogP contribution in [-0.4, -0.2) is 61.5 Å². The van der Waals surface area contributed by atoms with Crippen molar-refractivity contribution < 1.29 is 19.4 Å². The SMILES string of the molecule is NNC(=O)c1ccccc1OCCN1CCOC(CO)C1. The van der Waals surface area contributed by atoms with Gasteiger partial charge in [-0.15, -0.1) is 0 Å². The second-order valence-electron chi connectivity index (χ2n) is 4.79. The van der Waals surface area contributed by atoms with Crippen molar-refractivity contribution in [3.05, 3.63) is 29.8 Å². The van der Waals surface area contributed by atoms with E-state index < -0.39 is 0 Å². The van der Waals surface area contributed by atoms with E-state index in [4.69, 9.17) is 20.4 Å². The highest BCUT2D eigenvalue weighted by Gasteiger charge is 2.19. The Labute approximate surface area is 123 Å². The van der Waals surface area contributed by atoms with E-state index in [9.17, 15) is 4.79 Å². The first-order valence-corrected chi connectivity index (χ1v) is 6.92. The number of amides is 1. The van der Waals surface area contributed by atoms with Crippen LogP contribution in [0, 0.1) is 0 Å². The van der Waals surface area contributed by atoms with Crippen LogP contribution in [0.1, 0.15) is 10.4 Å². The lowest BCUT2D eigenvalue weighted by molar-refractivity contribution is -0.0547. The highest BCUT2D eigenvalue weighted by Crippen LogP contribution is 2.17. The quantitative estimate of drug-likeness (QED) is 0.367. The summed E-state index contributed by atoms with van der Waals surface area (Å²) < 4.78 is 11.1. The van der Waals surface area contributed by atoms with Gasteiger partial charge in [-0.3, -0.25) is 15.1 Å². The largest absolute Gasteiger partial charge is 0.491 e. The summed E-state index contributed by atoms with van der Waals surface area (Å²) in [5.41, 5.74) is 2.51. The molecule has 2 rings (SSSR count). The van der Waals surface area contributed by atoms with Gasteiger partial charge in [-0.2, -0.15) is 0 Å². The number of hydrogen-bond donors (Lipinski definition) is 3. The summed E-state index contributed by atoms with van der Waals surface area (Å²) in [4.78, 5) is 13.8. The van der Waals surface area contributed by atoms with Crippen molar-refractivity contribution in [2.45, 2.75) is 6.10 Å². The van der Waals surface area contributed by atoms with Gasteiger partial charge in [0.25, 0.3) is 5.91 Å². The van der Waals surface area contributed by atoms with Gasteiger partial charge in [0.1, 0.15) is 12.4 Å². The third kappa shape index (κ3) is 4.40. The molecular weight excluding hydrogens is 274 g/mol. The number of nitrogen functional groups attached to an aromatic ring is 1. The van der Waals surface area contributed by atoms with Crippen molar-refractivity contribution in [2.24, 2.45) is 5.84 Å². The molecule has 21 heavy (non-hydrogen) atoms. The fourth-order valence-electron chi connectivity index (χ4n) is 2.24. The van der Waals surface area contributed by atoms with Gasteiger partial charge < -0.3 is 14.6 Å². The highest BCUT2D eigenvalue weighted by atomic mass is 16.5. The number of benzene rings is 1. The topological polar surface area (TPSA) is 97.0 Å². The maximum Gasteiger partial charge on any atom is 0.268 e. The third-order valence-corrected chi connectivity index (χ3v) is 3.35. The average Bonchev–Trinajstić information content (AvgIpc) is 2.55. The predicted octanol–water partition coefficient (Wildman–Crippen LogP) is -0.638. The van der Waals surface area contributed by atoms with Gasteiger partial charge in [-0.25, -0.2) is 5.84 Å². The second kappa shape index (κ2) is 7.94. The van der Waals surface area contributed by atoms with Crippen molar-refractivity contribution >= 4 is 5.91 Å². The van der Waals surface area contributed by atoms with Crippen molar-refractivity contribution in [3.8, 4) is 5.75 Å². The minimum Gasteiger partial charge on any atom is -0.491 e. The third-order valence-electron chi connectivity index (χ3n) is 3.35. The molecule has 1 amide bonds. The van der Waals surface area contributed by atoms with Gasteiger partial charge in [-0.1, -0.05) is 12.1 Å². The Morgan fingerprint density at radius 1 is 1.52 bits per heavy atom. The zero-order valence-electron chi connectivity index (χ0n) is 11.8. The monoisotopic (exact) mass is 295 g/mol. The molecule has 0 spiro atoms. The molecule has 7 nitrogen and oxygen atoms in total. The van der Waals surface area contributed by atoms with Crippen molar-refractivity contribution in [1.82, 2.24) is 10.3 Å². The van der Waals surface area contributed by atoms with E-state index in [1.807, 2.05) is 0 Å². The maximum atomic E-state index is 11.6. The standard InChI is InChI=1S/C14H21N3O4/c15-16-14(19)12-3-1-2-4-13(12)21-8-6-17-5-7-20-11(9-17)10-18/h1-4,11,18H,5-10,15H2,(H,16,19). The predicted molar refractivity (Wildman–Crippen MR) is 76.9 cm³/mol. The molecule has 1 unspecified atom stereocenters. The number of hydrogen-bond acceptors (Lipinski definition) is 6. The number of morpholine rings is 1. The van der Waals surface area contributed by atoms with E-state index in [-0.39, 0.29) is 18.6 Å². The Hall–Kier alpha value is -1.67. The molecule has 1 fully saturated rings. The van der Waals surface area contributed by atoms with Crippen LogP contribution >= 0.6 is 0 Å². The van der Waals surface area contributed by atoms with Gasteiger partial charge in [0, 0.05) is 19.6 Å². The first-order valence-electron chi connectivity index (χ1n) is 6.92. The van der Waals surface area contributed by atoms with Crippen molar-refractivity contribution in [1.29, 1.82) is 0 Å². The number of aliphatic hydroxyl groups excluding tert-OH is 1. The Morgan fingerprint density at radius 2 is 2.33 bits per heavy atom. The summed E-state index contributed by atoms with van der Waals surface area (Å²) in [5, 5.41) is 9.10. The second-order valence-corrected chi connectivity index (χ2v) is 4.79. The molecular formula is C14H21N3O4. The first-order chi connectivity index (χ1) is 10.2. The van der Waals surface area contributed by atoms with Crippen LogP contribution in [0.3, 0.4) is 0 Å². The number of aliphatic hydroxyl groups is 1. The number of para-hydroxylation sites is 1. The van der Waals surface area contributed by atoms with Gasteiger partial charge in [0.2, 0.25) is 0 Å². The average molecular weight is 295 g/mol. The van der Waals surface area contributed by atoms with Gasteiger partial charge in [-0.05, 0) is 12.1 Å². The molecule has 1 aliphatic heterocycles. The molecule has 0 saturated carbocycles. The molecule has 1 aliphatic rings. The zero-order valence-corrected chi connectivity index (χ0v) is 11.8. The minimum atomic E-state index is -0.377. The van der Waals surface area contributed by atoms with Crippen LogP contribution in [0.25, 0.3) is 0 Å². The highest BCUT2D eigenvalue weighted by molar-refractivity contribution is 5.96. The fourth-order valence-corrected chi connectivity index (χ4v) is 2.24. The molecule has 1 saturated heterocycles. The maximum absolute atomic E-state index is 11.6. The number of nitrogens with two attached hydrogens (primary N) is 1. The van der Waals surface area contributed by atoms with Gasteiger partial charge >= 0.3 is 0 Å². The normalized spacial score (nSPS) is 19.2. The van der Waals surface area contributed by atoms with Crippen molar-refractivity contribution in [2.75, 3.05) is 39.5 Å². The molecule has 1 aromatic rings.